The zero-order chi connectivity index (χ0) is 21.8. The van der Waals surface area contributed by atoms with Crippen LogP contribution in [-0.4, -0.2) is 33.0 Å². The number of anilines is 2. The summed E-state index contributed by atoms with van der Waals surface area (Å²) in [6.45, 7) is 5.16. The third kappa shape index (κ3) is 5.42. The van der Waals surface area contributed by atoms with E-state index in [1.807, 2.05) is 0 Å². The number of hydrogen-bond donors (Lipinski definition) is 2. The van der Waals surface area contributed by atoms with Crippen LogP contribution in [0.3, 0.4) is 0 Å². The maximum Gasteiger partial charge on any atom is 0.238 e. The normalized spacial score (nSPS) is 11.9. The van der Waals surface area contributed by atoms with Crippen molar-refractivity contribution >= 4 is 45.9 Å². The van der Waals surface area contributed by atoms with E-state index in [1.165, 1.54) is 17.4 Å². The molecule has 2 aromatic heterocycles. The van der Waals surface area contributed by atoms with Gasteiger partial charge in [-0.2, -0.15) is 0 Å². The molecule has 1 aromatic carbocycles. The molecule has 0 fully saturated rings. The first-order valence-electron chi connectivity index (χ1n) is 8.81. The van der Waals surface area contributed by atoms with E-state index >= 15 is 0 Å². The number of nitrogens with one attached hydrogen (secondary N) is 2. The van der Waals surface area contributed by atoms with Crippen molar-refractivity contribution in [2.45, 2.75) is 26.0 Å². The van der Waals surface area contributed by atoms with E-state index in [1.54, 1.807) is 26.8 Å². The summed E-state index contributed by atoms with van der Waals surface area (Å²) in [7, 11) is 0. The lowest BCUT2D eigenvalue weighted by Crippen LogP contribution is -2.25. The molecule has 0 spiro atoms. The summed E-state index contributed by atoms with van der Waals surface area (Å²) in [5.74, 6) is -1.60. The molecule has 0 saturated carbocycles. The average Bonchev–Trinajstić information content (AvgIpc) is 3.26. The van der Waals surface area contributed by atoms with Crippen LogP contribution in [0.4, 0.5) is 19.7 Å². The summed E-state index contributed by atoms with van der Waals surface area (Å²) >= 11 is 2.38. The number of hydrogen-bond acceptors (Lipinski definition) is 7. The molecular formula is C19H18F2N4O3S2. The van der Waals surface area contributed by atoms with E-state index in [0.717, 1.165) is 28.8 Å². The number of halogens is 2. The third-order valence-corrected chi connectivity index (χ3v) is 5.98. The van der Waals surface area contributed by atoms with E-state index in [9.17, 15) is 18.4 Å². The second kappa shape index (κ2) is 9.35. The van der Waals surface area contributed by atoms with Crippen molar-refractivity contribution < 1.29 is 22.9 Å². The predicted molar refractivity (Wildman–Crippen MR) is 113 cm³/mol. The molecule has 1 atom stereocenters. The van der Waals surface area contributed by atoms with Crippen LogP contribution >= 0.6 is 23.1 Å². The molecule has 2 amide bonds. The fourth-order valence-corrected chi connectivity index (χ4v) is 3.98. The minimum atomic E-state index is -0.963. The van der Waals surface area contributed by atoms with Gasteiger partial charge >= 0.3 is 0 Å². The van der Waals surface area contributed by atoms with Crippen LogP contribution in [-0.2, 0) is 9.59 Å². The average molecular weight is 453 g/mol. The smallest absolute Gasteiger partial charge is 0.238 e. The summed E-state index contributed by atoms with van der Waals surface area (Å²) in [4.78, 5) is 29.4. The summed E-state index contributed by atoms with van der Waals surface area (Å²) < 4.78 is 31.5. The first kappa shape index (κ1) is 21.9. The minimum absolute atomic E-state index is 0.0333. The van der Waals surface area contributed by atoms with Gasteiger partial charge in [-0.1, -0.05) is 5.16 Å². The van der Waals surface area contributed by atoms with Crippen LogP contribution in [0.2, 0.25) is 0 Å². The van der Waals surface area contributed by atoms with Gasteiger partial charge in [-0.05, 0) is 39.0 Å². The predicted octanol–water partition coefficient (Wildman–Crippen LogP) is 4.39. The zero-order valence-electron chi connectivity index (χ0n) is 16.3. The Morgan fingerprint density at radius 3 is 2.63 bits per heavy atom. The molecule has 0 radical (unpaired) electrons. The summed E-state index contributed by atoms with van der Waals surface area (Å²) in [5, 5.41) is 8.81. The Kier molecular flexibility index (Phi) is 6.83. The van der Waals surface area contributed by atoms with Crippen molar-refractivity contribution in [3.8, 4) is 11.3 Å². The number of rotatable bonds is 7. The van der Waals surface area contributed by atoms with Gasteiger partial charge in [0.25, 0.3) is 0 Å². The second-order valence-corrected chi connectivity index (χ2v) is 8.90. The third-order valence-electron chi connectivity index (χ3n) is 3.95. The van der Waals surface area contributed by atoms with Crippen molar-refractivity contribution in [1.29, 1.82) is 0 Å². The van der Waals surface area contributed by atoms with Crippen LogP contribution in [0.25, 0.3) is 11.3 Å². The molecule has 3 rings (SSSR count). The van der Waals surface area contributed by atoms with Crippen LogP contribution in [0.5, 0.6) is 0 Å². The first-order chi connectivity index (χ1) is 14.2. The van der Waals surface area contributed by atoms with Crippen molar-refractivity contribution in [3.05, 3.63) is 46.5 Å². The molecule has 0 aliphatic rings. The largest absolute Gasteiger partial charge is 0.360 e. The van der Waals surface area contributed by atoms with Crippen LogP contribution in [0.1, 0.15) is 17.6 Å². The van der Waals surface area contributed by atoms with Crippen molar-refractivity contribution in [2.75, 3.05) is 16.4 Å². The Balaban J connectivity index is 1.54. The van der Waals surface area contributed by atoms with Crippen LogP contribution < -0.4 is 10.6 Å². The highest BCUT2D eigenvalue weighted by atomic mass is 32.2. The van der Waals surface area contributed by atoms with Gasteiger partial charge in [0.2, 0.25) is 11.8 Å². The summed E-state index contributed by atoms with van der Waals surface area (Å²) in [6, 6.07) is 5.12. The van der Waals surface area contributed by atoms with Gasteiger partial charge in [-0.15, -0.1) is 23.1 Å². The SMILES string of the molecule is Cc1cc(NC(=O)[C@H](C)SCC(=O)Nc2nc(-c3ccc(F)c(F)c3)c(C)s2)no1. The molecule has 2 heterocycles. The van der Waals surface area contributed by atoms with E-state index in [4.69, 9.17) is 4.52 Å². The molecule has 0 bridgehead atoms. The topological polar surface area (TPSA) is 97.1 Å². The van der Waals surface area contributed by atoms with Gasteiger partial charge in [0.1, 0.15) is 5.76 Å². The first-order valence-corrected chi connectivity index (χ1v) is 10.7. The Morgan fingerprint density at radius 1 is 1.20 bits per heavy atom. The van der Waals surface area contributed by atoms with Gasteiger partial charge in [-0.25, -0.2) is 13.8 Å². The monoisotopic (exact) mass is 452 g/mol. The van der Waals surface area contributed by atoms with Gasteiger partial charge in [0, 0.05) is 16.5 Å². The van der Waals surface area contributed by atoms with E-state index in [2.05, 4.69) is 20.8 Å². The number of aromatic nitrogens is 2. The maximum absolute atomic E-state index is 13.5. The Hall–Kier alpha value is -2.79. The lowest BCUT2D eigenvalue weighted by Gasteiger charge is -2.09. The fraction of sp³-hybridized carbons (Fsp3) is 0.263. The van der Waals surface area contributed by atoms with Gasteiger partial charge in [-0.3, -0.25) is 9.59 Å². The molecule has 11 heteroatoms. The molecule has 0 saturated heterocycles. The molecule has 3 aromatic rings. The lowest BCUT2D eigenvalue weighted by molar-refractivity contribution is -0.115. The fourth-order valence-electron chi connectivity index (χ4n) is 2.45. The quantitative estimate of drug-likeness (QED) is 0.552. The Bertz CT molecular complexity index is 1080. The van der Waals surface area contributed by atoms with Crippen LogP contribution in [0.15, 0.2) is 28.8 Å². The van der Waals surface area contributed by atoms with Gasteiger partial charge < -0.3 is 15.2 Å². The Labute approximate surface area is 179 Å². The van der Waals surface area contributed by atoms with Crippen LogP contribution in [0, 0.1) is 25.5 Å². The van der Waals surface area contributed by atoms with E-state index in [0.29, 0.717) is 28.0 Å². The zero-order valence-corrected chi connectivity index (χ0v) is 17.9. The van der Waals surface area contributed by atoms with Crippen molar-refractivity contribution in [3.63, 3.8) is 0 Å². The number of benzene rings is 1. The number of carbonyl (C=O) groups excluding carboxylic acids is 2. The molecule has 0 unspecified atom stereocenters. The van der Waals surface area contributed by atoms with Crippen molar-refractivity contribution in [2.24, 2.45) is 0 Å². The number of aryl methyl sites for hydroxylation is 2. The van der Waals surface area contributed by atoms with Gasteiger partial charge in [0.05, 0.1) is 16.7 Å². The number of carbonyl (C=O) groups is 2. The highest BCUT2D eigenvalue weighted by molar-refractivity contribution is 8.01. The number of thioether (sulfide) groups is 1. The highest BCUT2D eigenvalue weighted by Gasteiger charge is 2.18. The molecule has 0 aliphatic carbocycles. The molecular weight excluding hydrogens is 434 g/mol. The number of thiazole rings is 1. The van der Waals surface area contributed by atoms with E-state index in [-0.39, 0.29) is 17.6 Å². The molecule has 30 heavy (non-hydrogen) atoms. The standard InChI is InChI=1S/C19H18F2N4O3S2/c1-9-6-15(25-28-9)22-18(27)11(3)29-8-16(26)23-19-24-17(10(2)30-19)12-4-5-13(20)14(21)7-12/h4-7,11H,8H2,1-3H3,(H,22,25,27)(H,23,24,26)/t11-/m0/s1. The van der Waals surface area contributed by atoms with Crippen molar-refractivity contribution in [1.82, 2.24) is 10.1 Å². The maximum atomic E-state index is 13.5. The highest BCUT2D eigenvalue weighted by Crippen LogP contribution is 2.31. The number of amides is 2. The minimum Gasteiger partial charge on any atom is -0.360 e. The molecule has 158 valence electrons. The lowest BCUT2D eigenvalue weighted by atomic mass is 10.1. The molecule has 2 N–H and O–H groups in total. The van der Waals surface area contributed by atoms with Gasteiger partial charge in [0.15, 0.2) is 22.6 Å². The summed E-state index contributed by atoms with van der Waals surface area (Å²) in [5.41, 5.74) is 0.892. The molecule has 7 nitrogen and oxygen atoms in total. The Morgan fingerprint density at radius 2 is 1.97 bits per heavy atom. The number of nitrogens with zero attached hydrogens (tertiary/aromatic N) is 2. The second-order valence-electron chi connectivity index (χ2n) is 6.37. The summed E-state index contributed by atoms with van der Waals surface area (Å²) in [6.07, 6.45) is 0. The van der Waals surface area contributed by atoms with E-state index < -0.39 is 16.9 Å². The molecule has 0 aliphatic heterocycles.